The highest BCUT2D eigenvalue weighted by Gasteiger charge is 2.30. The van der Waals surface area contributed by atoms with Gasteiger partial charge in [0.1, 0.15) is 0 Å². The first-order valence-electron chi connectivity index (χ1n) is 5.32. The minimum absolute atomic E-state index is 0.0234. The van der Waals surface area contributed by atoms with E-state index < -0.39 is 11.7 Å². The van der Waals surface area contributed by atoms with E-state index in [0.29, 0.717) is 5.56 Å². The Labute approximate surface area is 104 Å². The Hall–Kier alpha value is -0.680. The Morgan fingerprint density at radius 1 is 1.35 bits per heavy atom. The number of halogens is 3. The molecule has 1 unspecified atom stereocenters. The average molecular weight is 263 g/mol. The van der Waals surface area contributed by atoms with Crippen molar-refractivity contribution in [3.05, 3.63) is 35.4 Å². The van der Waals surface area contributed by atoms with Crippen LogP contribution in [0.3, 0.4) is 0 Å². The normalized spacial score (nSPS) is 13.7. The largest absolute Gasteiger partial charge is 0.416 e. The SMILES string of the molecule is CNC(CCSC)c1cccc(C(F)(F)F)c1. The molecule has 0 radical (unpaired) electrons. The number of hydrogen-bond acceptors (Lipinski definition) is 2. The van der Waals surface area contributed by atoms with Gasteiger partial charge >= 0.3 is 6.18 Å². The second kappa shape index (κ2) is 6.31. The van der Waals surface area contributed by atoms with E-state index >= 15 is 0 Å². The second-order valence-corrected chi connectivity index (χ2v) is 4.73. The molecular weight excluding hydrogens is 247 g/mol. The lowest BCUT2D eigenvalue weighted by atomic mass is 10.0. The van der Waals surface area contributed by atoms with Gasteiger partial charge in [-0.25, -0.2) is 0 Å². The van der Waals surface area contributed by atoms with Gasteiger partial charge in [0, 0.05) is 6.04 Å². The van der Waals surface area contributed by atoms with Crippen molar-refractivity contribution >= 4 is 11.8 Å². The predicted octanol–water partition coefficient (Wildman–Crippen LogP) is 3.72. The first-order chi connectivity index (χ1) is 7.99. The molecule has 0 aromatic heterocycles. The van der Waals surface area contributed by atoms with Crippen LogP contribution in [0.5, 0.6) is 0 Å². The zero-order valence-electron chi connectivity index (χ0n) is 9.84. The summed E-state index contributed by atoms with van der Waals surface area (Å²) in [6.45, 7) is 0. The molecule has 5 heteroatoms. The summed E-state index contributed by atoms with van der Waals surface area (Å²) >= 11 is 1.69. The summed E-state index contributed by atoms with van der Waals surface area (Å²) in [5.41, 5.74) is 0.107. The molecule has 0 bridgehead atoms. The molecule has 1 aromatic carbocycles. The van der Waals surface area contributed by atoms with Crippen molar-refractivity contribution in [2.75, 3.05) is 19.1 Å². The summed E-state index contributed by atoms with van der Waals surface area (Å²) in [4.78, 5) is 0. The number of thioether (sulfide) groups is 1. The first kappa shape index (κ1) is 14.4. The minimum atomic E-state index is -4.27. The van der Waals surface area contributed by atoms with Crippen LogP contribution in [0.4, 0.5) is 13.2 Å². The van der Waals surface area contributed by atoms with Crippen molar-refractivity contribution in [1.29, 1.82) is 0 Å². The van der Waals surface area contributed by atoms with E-state index in [0.717, 1.165) is 18.2 Å². The van der Waals surface area contributed by atoms with Crippen LogP contribution >= 0.6 is 11.8 Å². The van der Waals surface area contributed by atoms with Crippen LogP contribution in [-0.4, -0.2) is 19.1 Å². The van der Waals surface area contributed by atoms with Crippen LogP contribution in [0.25, 0.3) is 0 Å². The molecular formula is C12H16F3NS. The van der Waals surface area contributed by atoms with Crippen LogP contribution in [-0.2, 0) is 6.18 Å². The molecule has 0 aliphatic rings. The summed E-state index contributed by atoms with van der Waals surface area (Å²) < 4.78 is 37.7. The van der Waals surface area contributed by atoms with Crippen LogP contribution in [0.1, 0.15) is 23.6 Å². The number of alkyl halides is 3. The molecule has 1 aromatic rings. The van der Waals surface area contributed by atoms with E-state index in [2.05, 4.69) is 5.32 Å². The zero-order valence-corrected chi connectivity index (χ0v) is 10.7. The fourth-order valence-electron chi connectivity index (χ4n) is 1.65. The Morgan fingerprint density at radius 2 is 2.06 bits per heavy atom. The highest BCUT2D eigenvalue weighted by atomic mass is 32.2. The van der Waals surface area contributed by atoms with Gasteiger partial charge in [0.25, 0.3) is 0 Å². The molecule has 0 heterocycles. The van der Waals surface area contributed by atoms with Crippen LogP contribution < -0.4 is 5.32 Å². The van der Waals surface area contributed by atoms with Crippen LogP contribution in [0.2, 0.25) is 0 Å². The Kier molecular flexibility index (Phi) is 5.33. The lowest BCUT2D eigenvalue weighted by Crippen LogP contribution is -2.18. The molecule has 1 atom stereocenters. The van der Waals surface area contributed by atoms with Crippen LogP contribution in [0.15, 0.2) is 24.3 Å². The van der Waals surface area contributed by atoms with Gasteiger partial charge in [-0.05, 0) is 43.2 Å². The molecule has 0 saturated heterocycles. The number of rotatable bonds is 5. The molecule has 0 aliphatic carbocycles. The highest BCUT2D eigenvalue weighted by molar-refractivity contribution is 7.98. The van der Waals surface area contributed by atoms with E-state index in [4.69, 9.17) is 0 Å². The third-order valence-corrected chi connectivity index (χ3v) is 3.22. The molecule has 0 fully saturated rings. The monoisotopic (exact) mass is 263 g/mol. The van der Waals surface area contributed by atoms with E-state index in [1.165, 1.54) is 12.1 Å². The summed E-state index contributed by atoms with van der Waals surface area (Å²) in [5, 5.41) is 3.05. The lowest BCUT2D eigenvalue weighted by molar-refractivity contribution is -0.137. The molecule has 17 heavy (non-hydrogen) atoms. The van der Waals surface area contributed by atoms with E-state index in [1.807, 2.05) is 6.26 Å². The van der Waals surface area contributed by atoms with Gasteiger partial charge in [0.05, 0.1) is 5.56 Å². The maximum atomic E-state index is 12.6. The second-order valence-electron chi connectivity index (χ2n) is 3.75. The van der Waals surface area contributed by atoms with E-state index in [1.54, 1.807) is 24.9 Å². The molecule has 0 amide bonds. The van der Waals surface area contributed by atoms with Gasteiger partial charge in [0.15, 0.2) is 0 Å². The summed E-state index contributed by atoms with van der Waals surface area (Å²) in [7, 11) is 1.77. The minimum Gasteiger partial charge on any atom is -0.313 e. The standard InChI is InChI=1S/C12H16F3NS/c1-16-11(6-7-17-2)9-4-3-5-10(8-9)12(13,14)15/h3-5,8,11,16H,6-7H2,1-2H3. The van der Waals surface area contributed by atoms with Crippen molar-refractivity contribution in [2.45, 2.75) is 18.6 Å². The fraction of sp³-hybridized carbons (Fsp3) is 0.500. The molecule has 1 rings (SSSR count). The highest BCUT2D eigenvalue weighted by Crippen LogP contribution is 2.31. The first-order valence-corrected chi connectivity index (χ1v) is 6.71. The maximum absolute atomic E-state index is 12.6. The molecule has 1 N–H and O–H groups in total. The Balaban J connectivity index is 2.89. The summed E-state index contributed by atoms with van der Waals surface area (Å²) in [5.74, 6) is 0.918. The van der Waals surface area contributed by atoms with Crippen molar-refractivity contribution < 1.29 is 13.2 Å². The zero-order chi connectivity index (χ0) is 12.9. The van der Waals surface area contributed by atoms with Crippen molar-refractivity contribution in [3.8, 4) is 0 Å². The lowest BCUT2D eigenvalue weighted by Gasteiger charge is -2.17. The number of benzene rings is 1. The quantitative estimate of drug-likeness (QED) is 0.869. The Bertz CT molecular complexity index is 352. The average Bonchev–Trinajstić information content (AvgIpc) is 2.29. The topological polar surface area (TPSA) is 12.0 Å². The van der Waals surface area contributed by atoms with E-state index in [-0.39, 0.29) is 6.04 Å². The maximum Gasteiger partial charge on any atom is 0.416 e. The number of nitrogens with one attached hydrogen (secondary N) is 1. The number of hydrogen-bond donors (Lipinski definition) is 1. The van der Waals surface area contributed by atoms with Gasteiger partial charge < -0.3 is 5.32 Å². The van der Waals surface area contributed by atoms with Gasteiger partial charge in [-0.1, -0.05) is 12.1 Å². The predicted molar refractivity (Wildman–Crippen MR) is 66.2 cm³/mol. The van der Waals surface area contributed by atoms with Gasteiger partial charge in [0.2, 0.25) is 0 Å². The van der Waals surface area contributed by atoms with E-state index in [9.17, 15) is 13.2 Å². The van der Waals surface area contributed by atoms with Crippen molar-refractivity contribution in [3.63, 3.8) is 0 Å². The van der Waals surface area contributed by atoms with Gasteiger partial charge in [-0.15, -0.1) is 0 Å². The van der Waals surface area contributed by atoms with Crippen molar-refractivity contribution in [2.24, 2.45) is 0 Å². The van der Waals surface area contributed by atoms with Crippen molar-refractivity contribution in [1.82, 2.24) is 5.32 Å². The molecule has 0 saturated carbocycles. The fourth-order valence-corrected chi connectivity index (χ4v) is 2.12. The van der Waals surface area contributed by atoms with Gasteiger partial charge in [-0.3, -0.25) is 0 Å². The summed E-state index contributed by atoms with van der Waals surface area (Å²) in [6.07, 6.45) is -1.47. The van der Waals surface area contributed by atoms with Gasteiger partial charge in [-0.2, -0.15) is 24.9 Å². The third kappa shape index (κ3) is 4.24. The third-order valence-electron chi connectivity index (χ3n) is 2.58. The molecule has 1 nitrogen and oxygen atoms in total. The summed E-state index contributed by atoms with van der Waals surface area (Å²) in [6, 6.07) is 5.50. The smallest absolute Gasteiger partial charge is 0.313 e. The molecule has 96 valence electrons. The molecule has 0 aliphatic heterocycles. The molecule has 0 spiro atoms. The Morgan fingerprint density at radius 3 is 2.59 bits per heavy atom. The van der Waals surface area contributed by atoms with Crippen LogP contribution in [0, 0.1) is 0 Å².